The topological polar surface area (TPSA) is 52.3 Å². The van der Waals surface area contributed by atoms with Crippen LogP contribution >= 0.6 is 0 Å². The van der Waals surface area contributed by atoms with E-state index in [0.29, 0.717) is 35.8 Å². The summed E-state index contributed by atoms with van der Waals surface area (Å²) in [5.74, 6) is 4.91. The first-order chi connectivity index (χ1) is 14.3. The van der Waals surface area contributed by atoms with Crippen molar-refractivity contribution in [1.29, 1.82) is 0 Å². The second kappa shape index (κ2) is 8.60. The number of fused-ring (bicyclic) bond motifs is 5. The summed E-state index contributed by atoms with van der Waals surface area (Å²) in [6, 6.07) is 0.448. The van der Waals surface area contributed by atoms with E-state index in [1.807, 2.05) is 0 Å². The van der Waals surface area contributed by atoms with Crippen LogP contribution in [-0.2, 0) is 9.53 Å². The van der Waals surface area contributed by atoms with Crippen molar-refractivity contribution in [1.82, 2.24) is 0 Å². The molecule has 2 N–H and O–H groups in total. The number of esters is 1. The number of rotatable bonds is 6. The fourth-order valence-electron chi connectivity index (χ4n) is 9.04. The van der Waals surface area contributed by atoms with Crippen LogP contribution in [0.5, 0.6) is 0 Å². The Morgan fingerprint density at radius 2 is 1.83 bits per heavy atom. The van der Waals surface area contributed by atoms with Gasteiger partial charge in [0.2, 0.25) is 0 Å². The molecule has 30 heavy (non-hydrogen) atoms. The molecule has 0 saturated heterocycles. The molecule has 9 atom stereocenters. The highest BCUT2D eigenvalue weighted by Gasteiger charge is 2.60. The molecule has 3 nitrogen and oxygen atoms in total. The highest BCUT2D eigenvalue weighted by Crippen LogP contribution is 2.68. The first-order valence-electron chi connectivity index (χ1n) is 12.8. The molecule has 0 aromatic heterocycles. The molecule has 4 unspecified atom stereocenters. The number of hydrogen-bond donors (Lipinski definition) is 1. The Morgan fingerprint density at radius 3 is 2.60 bits per heavy atom. The predicted octanol–water partition coefficient (Wildman–Crippen LogP) is 6.12. The Labute approximate surface area is 184 Å². The quantitative estimate of drug-likeness (QED) is 0.420. The number of carbonyl (C=O) groups excluding carboxylic acids is 1. The van der Waals surface area contributed by atoms with Crippen molar-refractivity contribution in [3.63, 3.8) is 0 Å². The van der Waals surface area contributed by atoms with E-state index in [2.05, 4.69) is 27.4 Å². The first-order valence-corrected chi connectivity index (χ1v) is 12.8. The Hall–Kier alpha value is -0.830. The van der Waals surface area contributed by atoms with Crippen molar-refractivity contribution in [2.45, 2.75) is 97.4 Å². The van der Waals surface area contributed by atoms with Gasteiger partial charge >= 0.3 is 5.97 Å². The van der Waals surface area contributed by atoms with Crippen LogP contribution in [0.3, 0.4) is 0 Å². The standard InChI is InChI=1S/C27H45NO2/c1-5-16-30-25(29)11-6-18(2)22-9-10-23-21-8-7-19-17-20(28)12-14-26(19,3)24(21)13-15-27(22,23)4/h5,18-24H,1,6-17,28H2,2-4H3/t18-,19-,20-,21?,22?,23?,24?,26+,27-/m1/s1. The fourth-order valence-corrected chi connectivity index (χ4v) is 9.04. The summed E-state index contributed by atoms with van der Waals surface area (Å²) in [6.45, 7) is 11.6. The van der Waals surface area contributed by atoms with Crippen LogP contribution in [0.2, 0.25) is 0 Å². The SMILES string of the molecule is C=CCOC(=O)CC[C@@H](C)C1CCC2C3CC[C@@H]4C[C@H](N)CC[C@]4(C)C3CC[C@@]21C. The van der Waals surface area contributed by atoms with Crippen molar-refractivity contribution < 1.29 is 9.53 Å². The number of hydrogen-bond acceptors (Lipinski definition) is 3. The van der Waals surface area contributed by atoms with Crippen LogP contribution in [0.4, 0.5) is 0 Å². The maximum Gasteiger partial charge on any atom is 0.306 e. The molecule has 170 valence electrons. The van der Waals surface area contributed by atoms with Gasteiger partial charge in [0, 0.05) is 12.5 Å². The zero-order valence-corrected chi connectivity index (χ0v) is 19.7. The summed E-state index contributed by atoms with van der Waals surface area (Å²) >= 11 is 0. The van der Waals surface area contributed by atoms with Gasteiger partial charge in [-0.25, -0.2) is 0 Å². The minimum Gasteiger partial charge on any atom is -0.461 e. The Kier molecular flexibility index (Phi) is 6.41. The molecule has 4 aliphatic rings. The van der Waals surface area contributed by atoms with Gasteiger partial charge in [-0.05, 0) is 111 Å². The molecule has 4 aliphatic carbocycles. The zero-order chi connectivity index (χ0) is 21.5. The fraction of sp³-hybridized carbons (Fsp3) is 0.889. The van der Waals surface area contributed by atoms with Gasteiger partial charge in [-0.3, -0.25) is 4.79 Å². The van der Waals surface area contributed by atoms with E-state index in [1.54, 1.807) is 6.08 Å². The predicted molar refractivity (Wildman–Crippen MR) is 123 cm³/mol. The molecule has 0 aromatic carbocycles. The zero-order valence-electron chi connectivity index (χ0n) is 19.7. The van der Waals surface area contributed by atoms with Gasteiger partial charge in [0.15, 0.2) is 0 Å². The van der Waals surface area contributed by atoms with Gasteiger partial charge in [-0.1, -0.05) is 33.4 Å². The highest BCUT2D eigenvalue weighted by atomic mass is 16.5. The lowest BCUT2D eigenvalue weighted by atomic mass is 9.44. The van der Waals surface area contributed by atoms with Crippen molar-refractivity contribution >= 4 is 5.97 Å². The smallest absolute Gasteiger partial charge is 0.306 e. The third-order valence-electron chi connectivity index (χ3n) is 10.6. The van der Waals surface area contributed by atoms with Crippen molar-refractivity contribution in [3.8, 4) is 0 Å². The van der Waals surface area contributed by atoms with Crippen LogP contribution in [-0.4, -0.2) is 18.6 Å². The Bertz CT molecular complexity index is 647. The van der Waals surface area contributed by atoms with Gasteiger partial charge in [0.05, 0.1) is 0 Å². The maximum atomic E-state index is 12.0. The minimum absolute atomic E-state index is 0.0630. The van der Waals surface area contributed by atoms with Gasteiger partial charge in [-0.15, -0.1) is 0 Å². The van der Waals surface area contributed by atoms with E-state index in [1.165, 1.54) is 57.8 Å². The molecule has 0 radical (unpaired) electrons. The number of ether oxygens (including phenoxy) is 1. The largest absolute Gasteiger partial charge is 0.461 e. The van der Waals surface area contributed by atoms with Gasteiger partial charge in [0.25, 0.3) is 0 Å². The molecular formula is C27H45NO2. The lowest BCUT2D eigenvalue weighted by Gasteiger charge is -2.61. The van der Waals surface area contributed by atoms with E-state index in [4.69, 9.17) is 10.5 Å². The van der Waals surface area contributed by atoms with E-state index in [0.717, 1.165) is 36.0 Å². The molecule has 4 saturated carbocycles. The van der Waals surface area contributed by atoms with Crippen LogP contribution < -0.4 is 5.73 Å². The van der Waals surface area contributed by atoms with Crippen molar-refractivity contribution in [3.05, 3.63) is 12.7 Å². The average molecular weight is 416 g/mol. The Morgan fingerprint density at radius 1 is 1.10 bits per heavy atom. The summed E-state index contributed by atoms with van der Waals surface area (Å²) < 4.78 is 5.21. The van der Waals surface area contributed by atoms with E-state index >= 15 is 0 Å². The molecule has 4 rings (SSSR count). The molecule has 0 spiro atoms. The minimum atomic E-state index is -0.0630. The van der Waals surface area contributed by atoms with Gasteiger partial charge in [-0.2, -0.15) is 0 Å². The monoisotopic (exact) mass is 415 g/mol. The third kappa shape index (κ3) is 3.78. The van der Waals surface area contributed by atoms with E-state index in [9.17, 15) is 4.79 Å². The molecule has 0 aromatic rings. The summed E-state index contributed by atoms with van der Waals surface area (Å²) in [7, 11) is 0. The van der Waals surface area contributed by atoms with E-state index in [-0.39, 0.29) is 5.97 Å². The molecule has 4 fully saturated rings. The highest BCUT2D eigenvalue weighted by molar-refractivity contribution is 5.69. The average Bonchev–Trinajstić information content (AvgIpc) is 3.08. The lowest BCUT2D eigenvalue weighted by Crippen LogP contribution is -2.54. The normalized spacial score (nSPS) is 46.3. The van der Waals surface area contributed by atoms with E-state index < -0.39 is 0 Å². The first kappa shape index (κ1) is 22.4. The molecule has 0 amide bonds. The van der Waals surface area contributed by atoms with Crippen LogP contribution in [0.15, 0.2) is 12.7 Å². The lowest BCUT2D eigenvalue weighted by molar-refractivity contribution is -0.143. The molecule has 0 bridgehead atoms. The van der Waals surface area contributed by atoms with Crippen molar-refractivity contribution in [2.24, 2.45) is 52.1 Å². The Balaban J connectivity index is 1.42. The summed E-state index contributed by atoms with van der Waals surface area (Å²) in [5, 5.41) is 0. The van der Waals surface area contributed by atoms with Crippen LogP contribution in [0, 0.1) is 46.3 Å². The molecular weight excluding hydrogens is 370 g/mol. The third-order valence-corrected chi connectivity index (χ3v) is 10.6. The van der Waals surface area contributed by atoms with Gasteiger partial charge < -0.3 is 10.5 Å². The second-order valence-electron chi connectivity index (χ2n) is 11.9. The summed E-state index contributed by atoms with van der Waals surface area (Å²) in [6.07, 6.45) is 15.5. The number of nitrogens with two attached hydrogens (primary N) is 1. The number of carbonyl (C=O) groups is 1. The molecule has 0 aliphatic heterocycles. The summed E-state index contributed by atoms with van der Waals surface area (Å²) in [5.41, 5.74) is 7.38. The van der Waals surface area contributed by atoms with Crippen LogP contribution in [0.1, 0.15) is 91.4 Å². The van der Waals surface area contributed by atoms with Crippen molar-refractivity contribution in [2.75, 3.05) is 6.61 Å². The van der Waals surface area contributed by atoms with Gasteiger partial charge in [0.1, 0.15) is 6.61 Å². The molecule has 3 heteroatoms. The maximum absolute atomic E-state index is 12.0. The van der Waals surface area contributed by atoms with Crippen LogP contribution in [0.25, 0.3) is 0 Å². The molecule has 0 heterocycles. The second-order valence-corrected chi connectivity index (χ2v) is 11.9. The summed E-state index contributed by atoms with van der Waals surface area (Å²) in [4.78, 5) is 12.0.